The van der Waals surface area contributed by atoms with Crippen LogP contribution in [0.4, 0.5) is 5.69 Å². The molecule has 0 aromatic heterocycles. The molecule has 0 saturated carbocycles. The maximum Gasteiger partial charge on any atom is 0.244 e. The monoisotopic (exact) mass is 476 g/mol. The third kappa shape index (κ3) is 3.22. The molecule has 1 N–H and O–H groups in total. The standard InChI is InChI=1S/C26H28N4O3S/c1-26(2)20-14-22(30-9-7-28-8-10-30)23(34(32,33)29(3)4)13-19(20)25(31)24-18-6-5-16(15-27)11-17(18)12-21(24)26/h5-6,11,13-14,28H,7-10,12H2,1-4H3. The van der Waals surface area contributed by atoms with E-state index in [1.165, 1.54) is 18.4 Å². The number of carbonyl (C=O) groups excluding carboxylic acids is 1. The summed E-state index contributed by atoms with van der Waals surface area (Å²) >= 11 is 0. The topological polar surface area (TPSA) is 93.5 Å². The largest absolute Gasteiger partial charge is 0.368 e. The molecule has 0 atom stereocenters. The number of Topliss-reactive ketones (excluding diaryl/α,β-unsaturated/α-hetero) is 1. The van der Waals surface area contributed by atoms with E-state index in [0.29, 0.717) is 41.9 Å². The molecule has 34 heavy (non-hydrogen) atoms. The van der Waals surface area contributed by atoms with Gasteiger partial charge in [-0.2, -0.15) is 5.26 Å². The Hall–Kier alpha value is -2.99. The van der Waals surface area contributed by atoms with Gasteiger partial charge in [0, 0.05) is 56.8 Å². The molecule has 0 radical (unpaired) electrons. The van der Waals surface area contributed by atoms with E-state index in [0.717, 1.165) is 35.4 Å². The molecule has 0 spiro atoms. The fourth-order valence-corrected chi connectivity index (χ4v) is 6.53. The van der Waals surface area contributed by atoms with Gasteiger partial charge in [0.25, 0.3) is 0 Å². The molecule has 2 aromatic carbocycles. The zero-order valence-corrected chi connectivity index (χ0v) is 20.7. The Balaban J connectivity index is 1.74. The fraction of sp³-hybridized carbons (Fsp3) is 0.385. The number of benzene rings is 2. The quantitative estimate of drug-likeness (QED) is 0.732. The van der Waals surface area contributed by atoms with E-state index in [1.807, 2.05) is 18.2 Å². The number of nitrogens with zero attached hydrogens (tertiary/aromatic N) is 3. The lowest BCUT2D eigenvalue weighted by atomic mass is 9.68. The van der Waals surface area contributed by atoms with Crippen molar-refractivity contribution < 1.29 is 13.2 Å². The second-order valence-corrected chi connectivity index (χ2v) is 12.0. The molecule has 2 aliphatic carbocycles. The number of allylic oxidation sites excluding steroid dienone is 2. The number of nitrogens with one attached hydrogen (secondary N) is 1. The van der Waals surface area contributed by atoms with Crippen molar-refractivity contribution in [2.24, 2.45) is 0 Å². The number of sulfonamides is 1. The van der Waals surface area contributed by atoms with Crippen molar-refractivity contribution in [3.8, 4) is 6.07 Å². The Morgan fingerprint density at radius 3 is 2.44 bits per heavy atom. The summed E-state index contributed by atoms with van der Waals surface area (Å²) in [5, 5.41) is 12.6. The van der Waals surface area contributed by atoms with Crippen LogP contribution in [0.3, 0.4) is 0 Å². The Labute approximate surface area is 200 Å². The summed E-state index contributed by atoms with van der Waals surface area (Å²) in [6.07, 6.45) is 0.610. The highest BCUT2D eigenvalue weighted by molar-refractivity contribution is 7.89. The third-order valence-corrected chi connectivity index (χ3v) is 9.23. The van der Waals surface area contributed by atoms with Crippen molar-refractivity contribution in [2.45, 2.75) is 30.6 Å². The van der Waals surface area contributed by atoms with E-state index in [1.54, 1.807) is 12.1 Å². The minimum absolute atomic E-state index is 0.144. The van der Waals surface area contributed by atoms with Crippen LogP contribution < -0.4 is 10.2 Å². The second-order valence-electron chi connectivity index (χ2n) is 9.86. The van der Waals surface area contributed by atoms with Gasteiger partial charge in [0.1, 0.15) is 4.90 Å². The van der Waals surface area contributed by atoms with Gasteiger partial charge in [-0.25, -0.2) is 12.7 Å². The van der Waals surface area contributed by atoms with Gasteiger partial charge in [-0.15, -0.1) is 0 Å². The summed E-state index contributed by atoms with van der Waals surface area (Å²) < 4.78 is 28.0. The molecule has 1 saturated heterocycles. The van der Waals surface area contributed by atoms with E-state index >= 15 is 0 Å². The van der Waals surface area contributed by atoms with Crippen LogP contribution in [0.1, 0.15) is 46.5 Å². The van der Waals surface area contributed by atoms with Crippen molar-refractivity contribution in [1.82, 2.24) is 9.62 Å². The van der Waals surface area contributed by atoms with Gasteiger partial charge in [0.2, 0.25) is 10.0 Å². The van der Waals surface area contributed by atoms with Crippen LogP contribution in [0.5, 0.6) is 0 Å². The van der Waals surface area contributed by atoms with Gasteiger partial charge in [-0.3, -0.25) is 4.79 Å². The molecule has 2 aromatic rings. The smallest absolute Gasteiger partial charge is 0.244 e. The summed E-state index contributed by atoms with van der Waals surface area (Å²) in [6, 6.07) is 11.1. The molecule has 0 bridgehead atoms. The first-order chi connectivity index (χ1) is 16.1. The lowest BCUT2D eigenvalue weighted by Crippen LogP contribution is -2.44. The van der Waals surface area contributed by atoms with Gasteiger partial charge >= 0.3 is 0 Å². The number of hydrogen-bond acceptors (Lipinski definition) is 6. The van der Waals surface area contributed by atoms with Crippen molar-refractivity contribution in [1.29, 1.82) is 5.26 Å². The number of carbonyl (C=O) groups is 1. The average molecular weight is 477 g/mol. The Kier molecular flexibility index (Phi) is 5.21. The van der Waals surface area contributed by atoms with Crippen LogP contribution in [0, 0.1) is 11.3 Å². The van der Waals surface area contributed by atoms with Crippen LogP contribution in [0.2, 0.25) is 0 Å². The summed E-state index contributed by atoms with van der Waals surface area (Å²) in [5.74, 6) is -0.144. The van der Waals surface area contributed by atoms with Crippen molar-refractivity contribution >= 4 is 27.1 Å². The van der Waals surface area contributed by atoms with Crippen LogP contribution in [-0.2, 0) is 21.9 Å². The summed E-state index contributed by atoms with van der Waals surface area (Å²) in [7, 11) is -0.743. The minimum Gasteiger partial charge on any atom is -0.368 e. The lowest BCUT2D eigenvalue weighted by molar-refractivity contribution is 0.105. The minimum atomic E-state index is -3.78. The van der Waals surface area contributed by atoms with E-state index < -0.39 is 15.4 Å². The van der Waals surface area contributed by atoms with Crippen LogP contribution in [-0.4, -0.2) is 58.8 Å². The highest BCUT2D eigenvalue weighted by Gasteiger charge is 2.44. The number of rotatable bonds is 3. The molecule has 5 rings (SSSR count). The van der Waals surface area contributed by atoms with Crippen LogP contribution in [0.15, 0.2) is 40.8 Å². The highest BCUT2D eigenvalue weighted by atomic mass is 32.2. The van der Waals surface area contributed by atoms with Gasteiger partial charge < -0.3 is 10.2 Å². The molecule has 7 nitrogen and oxygen atoms in total. The lowest BCUT2D eigenvalue weighted by Gasteiger charge is -2.37. The third-order valence-electron chi connectivity index (χ3n) is 7.39. The SMILES string of the molecule is CN(C)S(=O)(=O)c1cc2c(cc1N1CCNCC1)C(C)(C)C1=C(C2=O)c2ccc(C#N)cc2C1. The number of nitriles is 1. The van der Waals surface area contributed by atoms with Crippen molar-refractivity contribution in [3.63, 3.8) is 0 Å². The molecular weight excluding hydrogens is 448 g/mol. The molecule has 0 amide bonds. The molecule has 176 valence electrons. The molecule has 1 heterocycles. The number of ketones is 1. The molecule has 1 aliphatic heterocycles. The van der Waals surface area contributed by atoms with Gasteiger partial charge in [0.15, 0.2) is 5.78 Å². The molecule has 3 aliphatic rings. The molecule has 1 fully saturated rings. The van der Waals surface area contributed by atoms with E-state index in [-0.39, 0.29) is 10.7 Å². The predicted octanol–water partition coefficient (Wildman–Crippen LogP) is 2.70. The molecule has 0 unspecified atom stereocenters. The summed E-state index contributed by atoms with van der Waals surface area (Å²) in [5.41, 5.74) is 5.57. The number of piperazine rings is 1. The van der Waals surface area contributed by atoms with Crippen LogP contribution in [0.25, 0.3) is 5.57 Å². The molecule has 8 heteroatoms. The predicted molar refractivity (Wildman–Crippen MR) is 132 cm³/mol. The average Bonchev–Trinajstić information content (AvgIpc) is 3.22. The van der Waals surface area contributed by atoms with E-state index in [4.69, 9.17) is 0 Å². The van der Waals surface area contributed by atoms with Crippen molar-refractivity contribution in [3.05, 3.63) is 63.7 Å². The number of fused-ring (bicyclic) bond motifs is 3. The van der Waals surface area contributed by atoms with E-state index in [9.17, 15) is 18.5 Å². The summed E-state index contributed by atoms with van der Waals surface area (Å²) in [4.78, 5) is 16.2. The van der Waals surface area contributed by atoms with E-state index in [2.05, 4.69) is 30.1 Å². The van der Waals surface area contributed by atoms with Gasteiger partial charge in [-0.05, 0) is 52.9 Å². The number of hydrogen-bond donors (Lipinski definition) is 1. The Morgan fingerprint density at radius 2 is 1.79 bits per heavy atom. The van der Waals surface area contributed by atoms with Crippen molar-refractivity contribution in [2.75, 3.05) is 45.2 Å². The first-order valence-electron chi connectivity index (χ1n) is 11.5. The first kappa shape index (κ1) is 22.8. The second kappa shape index (κ2) is 7.77. The number of anilines is 1. The fourth-order valence-electron chi connectivity index (χ4n) is 5.41. The van der Waals surface area contributed by atoms with Gasteiger partial charge in [-0.1, -0.05) is 19.9 Å². The normalized spacial score (nSPS) is 19.1. The zero-order valence-electron chi connectivity index (χ0n) is 19.9. The zero-order chi connectivity index (χ0) is 24.4. The maximum atomic E-state index is 13.9. The van der Waals surface area contributed by atoms with Gasteiger partial charge in [0.05, 0.1) is 17.3 Å². The Morgan fingerprint density at radius 1 is 1.09 bits per heavy atom. The maximum absolute atomic E-state index is 13.9. The first-order valence-corrected chi connectivity index (χ1v) is 12.9. The molecular formula is C26H28N4O3S. The summed E-state index contributed by atoms with van der Waals surface area (Å²) in [6.45, 7) is 7.14. The Bertz CT molecular complexity index is 1410. The van der Waals surface area contributed by atoms with Crippen LogP contribution >= 0.6 is 0 Å². The highest BCUT2D eigenvalue weighted by Crippen LogP contribution is 2.51.